The Morgan fingerprint density at radius 2 is 0.564 bits per heavy atom. The van der Waals surface area contributed by atoms with Gasteiger partial charge in [-0.2, -0.15) is 0 Å². The number of nitrogens with zero attached hydrogens (tertiary/aromatic N) is 2. The average molecular weight is 735 g/mol. The standard InChI is InChI=1S/C49H54N2O4/c1-7-9-35-49(36-10-8-2,37-11-15-39(16-12-37)50(41-19-27-45(52-3)28-20-41)42-21-29-46(53-4)30-22-42)38-13-17-40(18-14-38)51(43-23-31-47(54-5)32-24-43)44-25-33-48(55-6)34-26-44/h11-34H,7-10,35-36H2,1-6H3. The highest BCUT2D eigenvalue weighted by atomic mass is 16.5. The van der Waals surface area contributed by atoms with Crippen molar-refractivity contribution in [3.05, 3.63) is 157 Å². The van der Waals surface area contributed by atoms with Gasteiger partial charge in [-0.05, 0) is 145 Å². The maximum Gasteiger partial charge on any atom is 0.119 e. The smallest absolute Gasteiger partial charge is 0.119 e. The van der Waals surface area contributed by atoms with Gasteiger partial charge < -0.3 is 28.7 Å². The molecule has 6 heteroatoms. The normalized spacial score (nSPS) is 11.2. The number of benzene rings is 6. The molecule has 0 spiro atoms. The van der Waals surface area contributed by atoms with E-state index in [4.69, 9.17) is 18.9 Å². The highest BCUT2D eigenvalue weighted by molar-refractivity contribution is 5.78. The molecule has 0 aliphatic heterocycles. The van der Waals surface area contributed by atoms with Crippen molar-refractivity contribution < 1.29 is 18.9 Å². The van der Waals surface area contributed by atoms with Gasteiger partial charge in [-0.3, -0.25) is 0 Å². The lowest BCUT2D eigenvalue weighted by molar-refractivity contribution is 0.406. The molecule has 0 N–H and O–H groups in total. The van der Waals surface area contributed by atoms with Crippen LogP contribution in [0.5, 0.6) is 23.0 Å². The molecule has 0 aliphatic carbocycles. The van der Waals surface area contributed by atoms with Gasteiger partial charge in [0.1, 0.15) is 23.0 Å². The van der Waals surface area contributed by atoms with Crippen molar-refractivity contribution in [1.82, 2.24) is 0 Å². The zero-order valence-corrected chi connectivity index (χ0v) is 33.1. The van der Waals surface area contributed by atoms with Crippen LogP contribution in [0, 0.1) is 0 Å². The van der Waals surface area contributed by atoms with E-state index in [1.165, 1.54) is 11.1 Å². The van der Waals surface area contributed by atoms with Crippen molar-refractivity contribution in [3.8, 4) is 23.0 Å². The summed E-state index contributed by atoms with van der Waals surface area (Å²) in [6.07, 6.45) is 6.69. The number of rotatable bonds is 18. The molecule has 6 aromatic rings. The summed E-state index contributed by atoms with van der Waals surface area (Å²) in [5, 5.41) is 0. The average Bonchev–Trinajstić information content (AvgIpc) is 3.25. The van der Waals surface area contributed by atoms with Gasteiger partial charge in [0.2, 0.25) is 0 Å². The fourth-order valence-electron chi connectivity index (χ4n) is 7.50. The first-order valence-electron chi connectivity index (χ1n) is 19.3. The molecule has 0 saturated carbocycles. The van der Waals surface area contributed by atoms with Gasteiger partial charge in [-0.25, -0.2) is 0 Å². The monoisotopic (exact) mass is 734 g/mol. The molecule has 0 aromatic heterocycles. The van der Waals surface area contributed by atoms with Crippen LogP contribution in [0.4, 0.5) is 34.1 Å². The van der Waals surface area contributed by atoms with Crippen molar-refractivity contribution >= 4 is 34.1 Å². The summed E-state index contributed by atoms with van der Waals surface area (Å²) in [7, 11) is 6.79. The Labute approximate surface area is 327 Å². The Morgan fingerprint density at radius 1 is 0.345 bits per heavy atom. The summed E-state index contributed by atoms with van der Waals surface area (Å²) in [5.41, 5.74) is 8.93. The fourth-order valence-corrected chi connectivity index (χ4v) is 7.50. The predicted octanol–water partition coefficient (Wildman–Crippen LogP) is 13.3. The van der Waals surface area contributed by atoms with Crippen LogP contribution in [0.3, 0.4) is 0 Å². The first-order valence-corrected chi connectivity index (χ1v) is 19.3. The molecule has 0 radical (unpaired) electrons. The number of anilines is 6. The fraction of sp³-hybridized carbons (Fsp3) is 0.265. The highest BCUT2D eigenvalue weighted by Crippen LogP contribution is 2.45. The summed E-state index contributed by atoms with van der Waals surface area (Å²) in [6, 6.07) is 51.4. The molecule has 6 rings (SSSR count). The Bertz CT molecular complexity index is 1800. The van der Waals surface area contributed by atoms with Gasteiger partial charge >= 0.3 is 0 Å². The van der Waals surface area contributed by atoms with Gasteiger partial charge in [-0.15, -0.1) is 0 Å². The zero-order chi connectivity index (χ0) is 38.6. The lowest BCUT2D eigenvalue weighted by Gasteiger charge is -2.37. The molecule has 55 heavy (non-hydrogen) atoms. The zero-order valence-electron chi connectivity index (χ0n) is 33.1. The maximum absolute atomic E-state index is 5.49. The molecule has 6 aromatic carbocycles. The van der Waals surface area contributed by atoms with E-state index in [1.54, 1.807) is 28.4 Å². The largest absolute Gasteiger partial charge is 0.497 e. The van der Waals surface area contributed by atoms with Gasteiger partial charge in [0.05, 0.1) is 28.4 Å². The second-order valence-corrected chi connectivity index (χ2v) is 13.8. The van der Waals surface area contributed by atoms with E-state index in [0.717, 1.165) is 95.6 Å². The molecule has 0 unspecified atom stereocenters. The molecular weight excluding hydrogens is 681 g/mol. The summed E-state index contributed by atoms with van der Waals surface area (Å²) >= 11 is 0. The lowest BCUT2D eigenvalue weighted by Crippen LogP contribution is -2.28. The van der Waals surface area contributed by atoms with Crippen molar-refractivity contribution in [2.45, 2.75) is 57.8 Å². The first-order chi connectivity index (χ1) is 27.0. The number of methoxy groups -OCH3 is 4. The van der Waals surface area contributed by atoms with Crippen molar-refractivity contribution in [2.75, 3.05) is 38.2 Å². The van der Waals surface area contributed by atoms with Gasteiger partial charge in [0.15, 0.2) is 0 Å². The minimum Gasteiger partial charge on any atom is -0.497 e. The van der Waals surface area contributed by atoms with E-state index in [9.17, 15) is 0 Å². The Balaban J connectivity index is 1.41. The summed E-state index contributed by atoms with van der Waals surface area (Å²) in [6.45, 7) is 4.58. The van der Waals surface area contributed by atoms with Crippen LogP contribution in [-0.4, -0.2) is 28.4 Å². The number of unbranched alkanes of at least 4 members (excludes halogenated alkanes) is 2. The molecule has 0 atom stereocenters. The topological polar surface area (TPSA) is 43.4 Å². The van der Waals surface area contributed by atoms with E-state index in [2.05, 4.69) is 121 Å². The van der Waals surface area contributed by atoms with Crippen LogP contribution in [0.15, 0.2) is 146 Å². The minimum absolute atomic E-state index is 0.140. The quantitative estimate of drug-likeness (QED) is 0.0876. The first kappa shape index (κ1) is 38.8. The second kappa shape index (κ2) is 18.4. The van der Waals surface area contributed by atoms with E-state index < -0.39 is 0 Å². The number of ether oxygens (including phenoxy) is 4. The van der Waals surface area contributed by atoms with Crippen LogP contribution in [0.2, 0.25) is 0 Å². The van der Waals surface area contributed by atoms with Crippen molar-refractivity contribution in [2.24, 2.45) is 0 Å². The van der Waals surface area contributed by atoms with Gasteiger partial charge in [-0.1, -0.05) is 63.8 Å². The Hall–Kier alpha value is -5.88. The lowest BCUT2D eigenvalue weighted by atomic mass is 9.68. The van der Waals surface area contributed by atoms with E-state index in [-0.39, 0.29) is 5.41 Å². The molecule has 0 amide bonds. The van der Waals surface area contributed by atoms with Crippen LogP contribution in [-0.2, 0) is 5.41 Å². The number of hydrogen-bond donors (Lipinski definition) is 0. The van der Waals surface area contributed by atoms with Crippen LogP contribution in [0.25, 0.3) is 0 Å². The summed E-state index contributed by atoms with van der Waals surface area (Å²) < 4.78 is 21.9. The SMILES string of the molecule is CCCCC(CCCC)(c1ccc(N(c2ccc(OC)cc2)c2ccc(OC)cc2)cc1)c1ccc(N(c2ccc(OC)cc2)c2ccc(OC)cc2)cc1. The van der Waals surface area contributed by atoms with E-state index in [1.807, 2.05) is 48.5 Å². The molecule has 6 nitrogen and oxygen atoms in total. The molecular formula is C49H54N2O4. The highest BCUT2D eigenvalue weighted by Gasteiger charge is 2.33. The predicted molar refractivity (Wildman–Crippen MR) is 228 cm³/mol. The molecule has 0 bridgehead atoms. The minimum atomic E-state index is -0.140. The third-order valence-electron chi connectivity index (χ3n) is 10.6. The van der Waals surface area contributed by atoms with Crippen molar-refractivity contribution in [1.29, 1.82) is 0 Å². The Morgan fingerprint density at radius 3 is 0.764 bits per heavy atom. The molecule has 0 saturated heterocycles. The number of hydrogen-bond acceptors (Lipinski definition) is 6. The summed E-state index contributed by atoms with van der Waals surface area (Å²) in [5.74, 6) is 3.31. The van der Waals surface area contributed by atoms with E-state index >= 15 is 0 Å². The van der Waals surface area contributed by atoms with Crippen LogP contribution >= 0.6 is 0 Å². The third kappa shape index (κ3) is 8.76. The van der Waals surface area contributed by atoms with Crippen molar-refractivity contribution in [3.63, 3.8) is 0 Å². The summed E-state index contributed by atoms with van der Waals surface area (Å²) in [4.78, 5) is 4.56. The van der Waals surface area contributed by atoms with Gasteiger partial charge in [0.25, 0.3) is 0 Å². The third-order valence-corrected chi connectivity index (χ3v) is 10.6. The molecule has 0 aliphatic rings. The van der Waals surface area contributed by atoms with E-state index in [0.29, 0.717) is 0 Å². The van der Waals surface area contributed by atoms with Gasteiger partial charge in [0, 0.05) is 39.5 Å². The van der Waals surface area contributed by atoms with Crippen LogP contribution in [0.1, 0.15) is 63.5 Å². The molecule has 0 fully saturated rings. The molecule has 284 valence electrons. The molecule has 0 heterocycles. The second-order valence-electron chi connectivity index (χ2n) is 13.8. The Kier molecular flexibility index (Phi) is 13.0. The van der Waals surface area contributed by atoms with Crippen LogP contribution < -0.4 is 28.7 Å². The maximum atomic E-state index is 5.49.